The second kappa shape index (κ2) is 13.2. The van der Waals surface area contributed by atoms with E-state index in [9.17, 15) is 0 Å². The molecule has 0 amide bonds. The fraction of sp³-hybridized carbons (Fsp3) is 0.650. The van der Waals surface area contributed by atoms with Gasteiger partial charge in [0.1, 0.15) is 5.75 Å². The lowest BCUT2D eigenvalue weighted by Crippen LogP contribution is -2.46. The standard InChI is InChI=1S/C20H34N4O2.HI/c1-5-21-20(22-14-16(2)3)23-15-19(24-10-12-26-13-11-24)17-6-8-18(25-4)9-7-17;/h6-9,16,19H,5,10-15H2,1-4H3,(H2,21,22,23);1H. The van der Waals surface area contributed by atoms with Crippen molar-refractivity contribution in [2.45, 2.75) is 26.8 Å². The number of benzene rings is 1. The zero-order valence-electron chi connectivity index (χ0n) is 17.0. The molecule has 27 heavy (non-hydrogen) atoms. The summed E-state index contributed by atoms with van der Waals surface area (Å²) in [5, 5.41) is 6.87. The molecule has 0 spiro atoms. The third-order valence-corrected chi connectivity index (χ3v) is 4.41. The molecule has 7 heteroatoms. The molecule has 6 nitrogen and oxygen atoms in total. The average molecular weight is 490 g/mol. The SMILES string of the molecule is CCNC(=NCC(C)C)NCC(c1ccc(OC)cc1)N1CCOCC1.I. The van der Waals surface area contributed by atoms with Crippen LogP contribution in [0.4, 0.5) is 0 Å². The number of halogens is 1. The van der Waals surface area contributed by atoms with E-state index < -0.39 is 0 Å². The number of hydrogen-bond donors (Lipinski definition) is 2. The molecule has 2 N–H and O–H groups in total. The Balaban J connectivity index is 0.00000364. The Hall–Kier alpha value is -1.06. The van der Waals surface area contributed by atoms with Crippen LogP contribution in [0, 0.1) is 5.92 Å². The van der Waals surface area contributed by atoms with E-state index in [-0.39, 0.29) is 30.0 Å². The number of nitrogens with one attached hydrogen (secondary N) is 2. The summed E-state index contributed by atoms with van der Waals surface area (Å²) in [6.45, 7) is 12.4. The highest BCUT2D eigenvalue weighted by Crippen LogP contribution is 2.23. The minimum absolute atomic E-state index is 0. The lowest BCUT2D eigenvalue weighted by Gasteiger charge is -2.35. The Morgan fingerprint density at radius 1 is 1.19 bits per heavy atom. The van der Waals surface area contributed by atoms with E-state index in [0.29, 0.717) is 5.92 Å². The highest BCUT2D eigenvalue weighted by molar-refractivity contribution is 14.0. The molecule has 1 aromatic carbocycles. The molecule has 1 saturated heterocycles. The molecule has 2 rings (SSSR count). The van der Waals surface area contributed by atoms with Crippen molar-refractivity contribution in [2.24, 2.45) is 10.9 Å². The summed E-state index contributed by atoms with van der Waals surface area (Å²) in [5.41, 5.74) is 1.28. The fourth-order valence-corrected chi connectivity index (χ4v) is 2.98. The normalized spacial score (nSPS) is 16.6. The summed E-state index contributed by atoms with van der Waals surface area (Å²) >= 11 is 0. The number of aliphatic imine (C=N–C) groups is 1. The van der Waals surface area contributed by atoms with Crippen molar-refractivity contribution >= 4 is 29.9 Å². The molecule has 0 aromatic heterocycles. The second-order valence-electron chi connectivity index (χ2n) is 6.93. The molecule has 0 saturated carbocycles. The van der Waals surface area contributed by atoms with Crippen LogP contribution in [0.5, 0.6) is 5.75 Å². The molecule has 1 aliphatic rings. The number of ether oxygens (including phenoxy) is 2. The first kappa shape index (κ1) is 24.0. The number of guanidine groups is 1. The Bertz CT molecular complexity index is 545. The van der Waals surface area contributed by atoms with E-state index in [1.54, 1.807) is 7.11 Å². The van der Waals surface area contributed by atoms with E-state index >= 15 is 0 Å². The largest absolute Gasteiger partial charge is 0.497 e. The Morgan fingerprint density at radius 2 is 1.85 bits per heavy atom. The number of nitrogens with zero attached hydrogens (tertiary/aromatic N) is 2. The highest BCUT2D eigenvalue weighted by atomic mass is 127. The van der Waals surface area contributed by atoms with Crippen LogP contribution in [-0.4, -0.2) is 63.9 Å². The Kier molecular flexibility index (Phi) is 11.7. The Morgan fingerprint density at radius 3 is 2.41 bits per heavy atom. The third-order valence-electron chi connectivity index (χ3n) is 4.41. The maximum absolute atomic E-state index is 5.53. The van der Waals surface area contributed by atoms with Gasteiger partial charge >= 0.3 is 0 Å². The fourth-order valence-electron chi connectivity index (χ4n) is 2.98. The van der Waals surface area contributed by atoms with Crippen molar-refractivity contribution in [1.29, 1.82) is 0 Å². The molecule has 0 aliphatic carbocycles. The summed E-state index contributed by atoms with van der Waals surface area (Å²) in [5.74, 6) is 2.31. The van der Waals surface area contributed by atoms with E-state index in [4.69, 9.17) is 9.47 Å². The molecular formula is C20H35IN4O2. The van der Waals surface area contributed by atoms with Crippen LogP contribution in [0.1, 0.15) is 32.4 Å². The van der Waals surface area contributed by atoms with Crippen LogP contribution in [0.2, 0.25) is 0 Å². The second-order valence-corrected chi connectivity index (χ2v) is 6.93. The van der Waals surface area contributed by atoms with Gasteiger partial charge in [0.2, 0.25) is 0 Å². The van der Waals surface area contributed by atoms with Crippen molar-refractivity contribution in [3.05, 3.63) is 29.8 Å². The quantitative estimate of drug-likeness (QED) is 0.334. The molecule has 0 bridgehead atoms. The lowest BCUT2D eigenvalue weighted by molar-refractivity contribution is 0.0170. The zero-order chi connectivity index (χ0) is 18.8. The predicted octanol–water partition coefficient (Wildman–Crippen LogP) is 2.90. The molecule has 154 valence electrons. The van der Waals surface area contributed by atoms with Gasteiger partial charge in [-0.3, -0.25) is 9.89 Å². The summed E-state index contributed by atoms with van der Waals surface area (Å²) in [6.07, 6.45) is 0. The van der Waals surface area contributed by atoms with E-state index in [0.717, 1.165) is 57.6 Å². The molecular weight excluding hydrogens is 455 g/mol. The third kappa shape index (κ3) is 8.23. The molecule has 1 aromatic rings. The van der Waals surface area contributed by atoms with Gasteiger partial charge in [0, 0.05) is 32.7 Å². The van der Waals surface area contributed by atoms with Crippen LogP contribution in [0.3, 0.4) is 0 Å². The molecule has 1 atom stereocenters. The minimum Gasteiger partial charge on any atom is -0.497 e. The number of morpholine rings is 1. The van der Waals surface area contributed by atoms with Gasteiger partial charge in [-0.15, -0.1) is 24.0 Å². The van der Waals surface area contributed by atoms with Crippen molar-refractivity contribution in [1.82, 2.24) is 15.5 Å². The Labute approximate surface area is 181 Å². The van der Waals surface area contributed by atoms with Gasteiger partial charge in [0.05, 0.1) is 26.4 Å². The first-order chi connectivity index (χ1) is 12.6. The topological polar surface area (TPSA) is 58.1 Å². The minimum atomic E-state index is 0. The summed E-state index contributed by atoms with van der Waals surface area (Å²) in [4.78, 5) is 7.16. The zero-order valence-corrected chi connectivity index (χ0v) is 19.4. The van der Waals surface area contributed by atoms with Gasteiger partial charge < -0.3 is 20.1 Å². The summed E-state index contributed by atoms with van der Waals surface area (Å²) < 4.78 is 10.8. The lowest BCUT2D eigenvalue weighted by atomic mass is 10.0. The summed E-state index contributed by atoms with van der Waals surface area (Å²) in [6, 6.07) is 8.63. The smallest absolute Gasteiger partial charge is 0.191 e. The van der Waals surface area contributed by atoms with Crippen molar-refractivity contribution in [3.8, 4) is 5.75 Å². The predicted molar refractivity (Wildman–Crippen MR) is 122 cm³/mol. The van der Waals surface area contributed by atoms with E-state index in [1.165, 1.54) is 5.56 Å². The van der Waals surface area contributed by atoms with Gasteiger partial charge in [0.25, 0.3) is 0 Å². The van der Waals surface area contributed by atoms with Gasteiger partial charge in [-0.2, -0.15) is 0 Å². The van der Waals surface area contributed by atoms with Gasteiger partial charge in [-0.1, -0.05) is 26.0 Å². The van der Waals surface area contributed by atoms with E-state index in [2.05, 4.69) is 53.4 Å². The van der Waals surface area contributed by atoms with Crippen LogP contribution in [0.25, 0.3) is 0 Å². The molecule has 1 aliphatic heterocycles. The first-order valence-electron chi connectivity index (χ1n) is 9.62. The molecule has 1 heterocycles. The number of hydrogen-bond acceptors (Lipinski definition) is 4. The maximum atomic E-state index is 5.53. The van der Waals surface area contributed by atoms with Crippen molar-refractivity contribution in [3.63, 3.8) is 0 Å². The van der Waals surface area contributed by atoms with E-state index in [1.807, 2.05) is 12.1 Å². The highest BCUT2D eigenvalue weighted by Gasteiger charge is 2.23. The van der Waals surface area contributed by atoms with Crippen molar-refractivity contribution < 1.29 is 9.47 Å². The van der Waals surface area contributed by atoms with Crippen LogP contribution < -0.4 is 15.4 Å². The van der Waals surface area contributed by atoms with Crippen molar-refractivity contribution in [2.75, 3.05) is 53.0 Å². The molecule has 0 radical (unpaired) electrons. The average Bonchev–Trinajstić information content (AvgIpc) is 2.67. The van der Waals surface area contributed by atoms with Crippen LogP contribution in [-0.2, 0) is 4.74 Å². The van der Waals surface area contributed by atoms with Gasteiger partial charge in [-0.05, 0) is 30.5 Å². The first-order valence-corrected chi connectivity index (χ1v) is 9.62. The van der Waals surface area contributed by atoms with Crippen LogP contribution in [0.15, 0.2) is 29.3 Å². The van der Waals surface area contributed by atoms with Gasteiger partial charge in [-0.25, -0.2) is 0 Å². The summed E-state index contributed by atoms with van der Waals surface area (Å²) in [7, 11) is 1.70. The molecule has 1 fully saturated rings. The molecule has 1 unspecified atom stereocenters. The van der Waals surface area contributed by atoms with Crippen LogP contribution >= 0.6 is 24.0 Å². The number of rotatable bonds is 8. The van der Waals surface area contributed by atoms with Gasteiger partial charge in [0.15, 0.2) is 5.96 Å². The number of methoxy groups -OCH3 is 1. The maximum Gasteiger partial charge on any atom is 0.191 e. The monoisotopic (exact) mass is 490 g/mol.